The molecule has 0 amide bonds. The molecular weight excluding hydrogens is 386 g/mol. The van der Waals surface area contributed by atoms with E-state index in [1.165, 1.54) is 55.3 Å². The smallest absolute Gasteiger partial charge is 0.0541 e. The van der Waals surface area contributed by atoms with Gasteiger partial charge in [-0.2, -0.15) is 0 Å². The van der Waals surface area contributed by atoms with Gasteiger partial charge in [-0.3, -0.25) is 0 Å². The Balaban J connectivity index is 1.43. The Kier molecular flexibility index (Phi) is 4.40. The molecule has 0 N–H and O–H groups in total. The van der Waals surface area contributed by atoms with E-state index in [0.29, 0.717) is 0 Å². The van der Waals surface area contributed by atoms with Crippen molar-refractivity contribution >= 4 is 21.8 Å². The maximum Gasteiger partial charge on any atom is 0.0541 e. The van der Waals surface area contributed by atoms with Gasteiger partial charge >= 0.3 is 0 Å². The normalized spacial score (nSPS) is 11.3. The average Bonchev–Trinajstić information content (AvgIpc) is 3.19. The number of benzene rings is 5. The number of fused-ring (bicyclic) bond motifs is 3. The lowest BCUT2D eigenvalue weighted by Crippen LogP contribution is -1.93. The second kappa shape index (κ2) is 7.55. The first-order valence-corrected chi connectivity index (χ1v) is 11.0. The fraction of sp³-hybridized carbons (Fsp3) is 0.0323. The molecule has 32 heavy (non-hydrogen) atoms. The van der Waals surface area contributed by atoms with Crippen molar-refractivity contribution < 1.29 is 0 Å². The van der Waals surface area contributed by atoms with E-state index in [1.54, 1.807) is 0 Å². The number of aromatic nitrogens is 1. The van der Waals surface area contributed by atoms with Gasteiger partial charge in [-0.15, -0.1) is 0 Å². The topological polar surface area (TPSA) is 4.93 Å². The zero-order valence-electron chi connectivity index (χ0n) is 18.0. The van der Waals surface area contributed by atoms with Gasteiger partial charge < -0.3 is 4.57 Å². The van der Waals surface area contributed by atoms with E-state index in [2.05, 4.69) is 133 Å². The lowest BCUT2D eigenvalue weighted by atomic mass is 9.98. The Morgan fingerprint density at radius 3 is 1.59 bits per heavy atom. The Morgan fingerprint density at radius 2 is 0.969 bits per heavy atom. The number of aryl methyl sites for hydroxylation is 1. The van der Waals surface area contributed by atoms with Gasteiger partial charge in [0.15, 0.2) is 0 Å². The molecule has 5 aromatic carbocycles. The van der Waals surface area contributed by atoms with Crippen molar-refractivity contribution in [2.75, 3.05) is 0 Å². The molecule has 1 heterocycles. The zero-order valence-corrected chi connectivity index (χ0v) is 18.0. The van der Waals surface area contributed by atoms with E-state index in [0.717, 1.165) is 0 Å². The minimum absolute atomic E-state index is 1.18. The molecular formula is C31H23N. The second-order valence-electron chi connectivity index (χ2n) is 8.37. The van der Waals surface area contributed by atoms with Crippen molar-refractivity contribution in [2.24, 2.45) is 0 Å². The highest BCUT2D eigenvalue weighted by molar-refractivity contribution is 6.09. The standard InChI is InChI=1S/C31H23N/c1-22-8-6-9-24(20-22)26-11-7-10-25(21-26)23-16-18-27(19-17-23)32-30-14-4-2-12-28(30)29-13-3-5-15-31(29)32/h2-21H,1H3. The number of nitrogens with zero attached hydrogens (tertiary/aromatic N) is 1. The molecule has 1 heteroatoms. The van der Waals surface area contributed by atoms with E-state index in [-0.39, 0.29) is 0 Å². The summed E-state index contributed by atoms with van der Waals surface area (Å²) in [5.74, 6) is 0. The van der Waals surface area contributed by atoms with Crippen molar-refractivity contribution in [3.63, 3.8) is 0 Å². The molecule has 0 atom stereocenters. The van der Waals surface area contributed by atoms with Crippen LogP contribution < -0.4 is 0 Å². The highest BCUT2D eigenvalue weighted by Crippen LogP contribution is 2.33. The Hall–Kier alpha value is -4.10. The van der Waals surface area contributed by atoms with Crippen molar-refractivity contribution in [1.29, 1.82) is 0 Å². The van der Waals surface area contributed by atoms with Crippen molar-refractivity contribution in [1.82, 2.24) is 4.57 Å². The fourth-order valence-electron chi connectivity index (χ4n) is 4.71. The molecule has 0 fully saturated rings. The van der Waals surface area contributed by atoms with Gasteiger partial charge in [-0.1, -0.05) is 96.6 Å². The average molecular weight is 410 g/mol. The van der Waals surface area contributed by atoms with Gasteiger partial charge in [0, 0.05) is 16.5 Å². The van der Waals surface area contributed by atoms with Gasteiger partial charge in [0.25, 0.3) is 0 Å². The van der Waals surface area contributed by atoms with Gasteiger partial charge in [0.05, 0.1) is 11.0 Å². The third-order valence-corrected chi connectivity index (χ3v) is 6.25. The van der Waals surface area contributed by atoms with Crippen LogP contribution >= 0.6 is 0 Å². The molecule has 1 nitrogen and oxygen atoms in total. The molecule has 0 saturated carbocycles. The van der Waals surface area contributed by atoms with Crippen LogP contribution in [0.2, 0.25) is 0 Å². The molecule has 1 aromatic heterocycles. The zero-order chi connectivity index (χ0) is 21.5. The minimum Gasteiger partial charge on any atom is -0.309 e. The minimum atomic E-state index is 1.18. The van der Waals surface area contributed by atoms with Crippen molar-refractivity contribution in [2.45, 2.75) is 6.92 Å². The predicted octanol–water partition coefficient (Wildman–Crippen LogP) is 8.43. The lowest BCUT2D eigenvalue weighted by molar-refractivity contribution is 1.18. The quantitative estimate of drug-likeness (QED) is 0.276. The molecule has 0 aliphatic heterocycles. The van der Waals surface area contributed by atoms with Crippen LogP contribution in [0.1, 0.15) is 5.56 Å². The molecule has 6 aromatic rings. The predicted molar refractivity (Wildman–Crippen MR) is 136 cm³/mol. The van der Waals surface area contributed by atoms with E-state index < -0.39 is 0 Å². The Bertz CT molecular complexity index is 1510. The number of rotatable bonds is 3. The van der Waals surface area contributed by atoms with E-state index in [4.69, 9.17) is 0 Å². The summed E-state index contributed by atoms with van der Waals surface area (Å²) in [7, 11) is 0. The van der Waals surface area contributed by atoms with Gasteiger partial charge in [0.1, 0.15) is 0 Å². The molecule has 0 saturated heterocycles. The van der Waals surface area contributed by atoms with Crippen LogP contribution in [0.3, 0.4) is 0 Å². The first kappa shape index (κ1) is 18.7. The highest BCUT2D eigenvalue weighted by Gasteiger charge is 2.11. The summed E-state index contributed by atoms with van der Waals surface area (Å²) in [5.41, 5.74) is 9.91. The number of hydrogen-bond donors (Lipinski definition) is 0. The molecule has 152 valence electrons. The number of hydrogen-bond acceptors (Lipinski definition) is 0. The summed E-state index contributed by atoms with van der Waals surface area (Å²) in [6.07, 6.45) is 0. The second-order valence-corrected chi connectivity index (χ2v) is 8.37. The lowest BCUT2D eigenvalue weighted by Gasteiger charge is -2.10. The van der Waals surface area contributed by atoms with Crippen LogP contribution in [-0.2, 0) is 0 Å². The number of para-hydroxylation sites is 2. The Morgan fingerprint density at radius 1 is 0.438 bits per heavy atom. The van der Waals surface area contributed by atoms with Crippen LogP contribution in [0.4, 0.5) is 0 Å². The maximum atomic E-state index is 2.36. The van der Waals surface area contributed by atoms with E-state index in [9.17, 15) is 0 Å². The summed E-state index contributed by atoms with van der Waals surface area (Å²) < 4.78 is 2.36. The van der Waals surface area contributed by atoms with Gasteiger partial charge in [0.2, 0.25) is 0 Å². The highest BCUT2D eigenvalue weighted by atomic mass is 15.0. The van der Waals surface area contributed by atoms with Gasteiger partial charge in [-0.05, 0) is 59.5 Å². The summed E-state index contributed by atoms with van der Waals surface area (Å²) in [5, 5.41) is 2.58. The van der Waals surface area contributed by atoms with Crippen LogP contribution in [0.5, 0.6) is 0 Å². The first-order chi connectivity index (χ1) is 15.8. The third kappa shape index (κ3) is 3.11. The van der Waals surface area contributed by atoms with Crippen LogP contribution in [0.15, 0.2) is 121 Å². The van der Waals surface area contributed by atoms with Crippen LogP contribution in [0, 0.1) is 6.92 Å². The summed E-state index contributed by atoms with van der Waals surface area (Å²) in [6, 6.07) is 43.7. The van der Waals surface area contributed by atoms with E-state index in [1.807, 2.05) is 0 Å². The molecule has 0 aliphatic carbocycles. The maximum absolute atomic E-state index is 2.36. The van der Waals surface area contributed by atoms with E-state index >= 15 is 0 Å². The molecule has 0 unspecified atom stereocenters. The summed E-state index contributed by atoms with van der Waals surface area (Å²) in [6.45, 7) is 2.14. The Labute approximate surface area is 188 Å². The largest absolute Gasteiger partial charge is 0.309 e. The monoisotopic (exact) mass is 409 g/mol. The van der Waals surface area contributed by atoms with Crippen LogP contribution in [0.25, 0.3) is 49.7 Å². The van der Waals surface area contributed by atoms with Crippen molar-refractivity contribution in [3.8, 4) is 27.9 Å². The fourth-order valence-corrected chi connectivity index (χ4v) is 4.71. The molecule has 0 bridgehead atoms. The van der Waals surface area contributed by atoms with Crippen LogP contribution in [-0.4, -0.2) is 4.57 Å². The van der Waals surface area contributed by atoms with Crippen molar-refractivity contribution in [3.05, 3.63) is 127 Å². The summed E-state index contributed by atoms with van der Waals surface area (Å²) >= 11 is 0. The molecule has 0 aliphatic rings. The molecule has 0 radical (unpaired) electrons. The molecule has 0 spiro atoms. The first-order valence-electron chi connectivity index (χ1n) is 11.0. The SMILES string of the molecule is Cc1cccc(-c2cccc(-c3ccc(-n4c5ccccc5c5ccccc54)cc3)c2)c1. The summed E-state index contributed by atoms with van der Waals surface area (Å²) in [4.78, 5) is 0. The third-order valence-electron chi connectivity index (χ3n) is 6.25. The molecule has 6 rings (SSSR count). The van der Waals surface area contributed by atoms with Gasteiger partial charge in [-0.25, -0.2) is 0 Å².